The van der Waals surface area contributed by atoms with Crippen molar-refractivity contribution in [1.82, 2.24) is 4.31 Å². The highest BCUT2D eigenvalue weighted by Crippen LogP contribution is 2.34. The monoisotopic (exact) mass is 388 g/mol. The molecule has 1 aliphatic rings. The van der Waals surface area contributed by atoms with E-state index in [-0.39, 0.29) is 23.4 Å². The second kappa shape index (κ2) is 7.32. The number of fused-ring (bicyclic) bond motifs is 1. The van der Waals surface area contributed by atoms with E-state index in [9.17, 15) is 13.2 Å². The molecule has 0 saturated carbocycles. The summed E-state index contributed by atoms with van der Waals surface area (Å²) < 4.78 is 32.7. The minimum Gasteiger partial charge on any atom is -0.496 e. The van der Waals surface area contributed by atoms with Gasteiger partial charge in [-0.25, -0.2) is 8.42 Å². The molecule has 0 radical (unpaired) electrons. The van der Waals surface area contributed by atoms with Crippen molar-refractivity contribution < 1.29 is 17.9 Å². The Labute approximate surface area is 160 Å². The minimum atomic E-state index is -3.66. The Kier molecular flexibility index (Phi) is 5.26. The van der Waals surface area contributed by atoms with E-state index in [4.69, 9.17) is 4.74 Å². The summed E-state index contributed by atoms with van der Waals surface area (Å²) in [7, 11) is -0.544. The average Bonchev–Trinajstić information content (AvgIpc) is 2.97. The number of carbonyl (C=O) groups excluding carboxylic acids is 1. The number of sulfonamides is 1. The number of anilines is 1. The van der Waals surface area contributed by atoms with Crippen molar-refractivity contribution in [3.63, 3.8) is 0 Å². The minimum absolute atomic E-state index is 0.0294. The van der Waals surface area contributed by atoms with Crippen LogP contribution in [-0.4, -0.2) is 38.8 Å². The molecule has 1 amide bonds. The molecule has 2 aromatic carbocycles. The highest BCUT2D eigenvalue weighted by Gasteiger charge is 2.31. The first-order valence-electron chi connectivity index (χ1n) is 8.76. The lowest BCUT2D eigenvalue weighted by molar-refractivity contribution is -0.116. The topological polar surface area (TPSA) is 66.9 Å². The molecule has 144 valence electrons. The fourth-order valence-corrected chi connectivity index (χ4v) is 4.79. The van der Waals surface area contributed by atoms with Gasteiger partial charge in [0.25, 0.3) is 0 Å². The summed E-state index contributed by atoms with van der Waals surface area (Å²) in [6, 6.07) is 12.4. The second-order valence-electron chi connectivity index (χ2n) is 6.81. The zero-order valence-corrected chi connectivity index (χ0v) is 16.8. The van der Waals surface area contributed by atoms with E-state index in [0.29, 0.717) is 12.2 Å². The molecule has 0 saturated heterocycles. The molecule has 1 atom stereocenters. The standard InChI is InChI=1S/C20H24N2O4S/c1-14-11-17-12-18(9-10-19(17)22(14)15(2)23)27(24,25)21(3)13-16-7-5-6-8-20(16)26-4/h5-10,12,14H,11,13H2,1-4H3. The van der Waals surface area contributed by atoms with Gasteiger partial charge in [0.05, 0.1) is 12.0 Å². The molecular weight excluding hydrogens is 364 g/mol. The summed E-state index contributed by atoms with van der Waals surface area (Å²) in [5.41, 5.74) is 2.47. The molecule has 7 heteroatoms. The molecule has 0 bridgehead atoms. The lowest BCUT2D eigenvalue weighted by atomic mass is 10.1. The molecule has 1 unspecified atom stereocenters. The van der Waals surface area contributed by atoms with Gasteiger partial charge in [-0.05, 0) is 43.2 Å². The van der Waals surface area contributed by atoms with E-state index in [1.54, 1.807) is 37.3 Å². The average molecular weight is 388 g/mol. The number of nitrogens with zero attached hydrogens (tertiary/aromatic N) is 2. The Morgan fingerprint density at radius 1 is 1.26 bits per heavy atom. The van der Waals surface area contributed by atoms with Crippen molar-refractivity contribution in [3.8, 4) is 5.75 Å². The molecular formula is C20H24N2O4S. The molecule has 3 rings (SSSR count). The first-order chi connectivity index (χ1) is 12.8. The molecule has 1 heterocycles. The van der Waals surface area contributed by atoms with E-state index in [0.717, 1.165) is 16.8 Å². The van der Waals surface area contributed by atoms with Crippen LogP contribution in [0.25, 0.3) is 0 Å². The lowest BCUT2D eigenvalue weighted by Crippen LogP contribution is -2.33. The molecule has 0 N–H and O–H groups in total. The number of methoxy groups -OCH3 is 1. The van der Waals surface area contributed by atoms with Gasteiger partial charge in [-0.3, -0.25) is 4.79 Å². The van der Waals surface area contributed by atoms with Gasteiger partial charge in [0, 0.05) is 37.8 Å². The number of benzene rings is 2. The summed E-state index contributed by atoms with van der Waals surface area (Å²) >= 11 is 0. The Balaban J connectivity index is 1.90. The van der Waals surface area contributed by atoms with Gasteiger partial charge in [0.15, 0.2) is 0 Å². The van der Waals surface area contributed by atoms with Crippen LogP contribution in [0, 0.1) is 0 Å². The van der Waals surface area contributed by atoms with E-state index < -0.39 is 10.0 Å². The van der Waals surface area contributed by atoms with Gasteiger partial charge in [0.2, 0.25) is 15.9 Å². The normalized spacial score (nSPS) is 16.5. The molecule has 0 spiro atoms. The van der Waals surface area contributed by atoms with Crippen molar-refractivity contribution in [2.24, 2.45) is 0 Å². The van der Waals surface area contributed by atoms with Crippen molar-refractivity contribution in [2.75, 3.05) is 19.1 Å². The Hall–Kier alpha value is -2.38. The van der Waals surface area contributed by atoms with Crippen LogP contribution in [0.5, 0.6) is 5.75 Å². The Morgan fingerprint density at radius 3 is 2.63 bits per heavy atom. The zero-order chi connectivity index (χ0) is 19.8. The van der Waals surface area contributed by atoms with Crippen LogP contribution in [0.2, 0.25) is 0 Å². The van der Waals surface area contributed by atoms with Crippen molar-refractivity contribution >= 4 is 21.6 Å². The van der Waals surface area contributed by atoms with Crippen LogP contribution in [0.4, 0.5) is 5.69 Å². The maximum absolute atomic E-state index is 13.0. The highest BCUT2D eigenvalue weighted by atomic mass is 32.2. The van der Waals surface area contributed by atoms with Gasteiger partial charge in [-0.15, -0.1) is 0 Å². The quantitative estimate of drug-likeness (QED) is 0.790. The van der Waals surface area contributed by atoms with Crippen molar-refractivity contribution in [3.05, 3.63) is 53.6 Å². The van der Waals surface area contributed by atoms with Crippen LogP contribution >= 0.6 is 0 Å². The van der Waals surface area contributed by atoms with Crippen LogP contribution in [0.15, 0.2) is 47.4 Å². The SMILES string of the molecule is COc1ccccc1CN(C)S(=O)(=O)c1ccc2c(c1)CC(C)N2C(C)=O. The largest absolute Gasteiger partial charge is 0.496 e. The molecule has 27 heavy (non-hydrogen) atoms. The third kappa shape index (κ3) is 3.57. The molecule has 6 nitrogen and oxygen atoms in total. The summed E-state index contributed by atoms with van der Waals surface area (Å²) in [6.45, 7) is 3.69. The molecule has 0 aliphatic carbocycles. The highest BCUT2D eigenvalue weighted by molar-refractivity contribution is 7.89. The van der Waals surface area contributed by atoms with Gasteiger partial charge in [0.1, 0.15) is 5.75 Å². The van der Waals surface area contributed by atoms with Crippen LogP contribution < -0.4 is 9.64 Å². The second-order valence-corrected chi connectivity index (χ2v) is 8.85. The number of ether oxygens (including phenoxy) is 1. The summed E-state index contributed by atoms with van der Waals surface area (Å²) in [5, 5.41) is 0. The van der Waals surface area contributed by atoms with Crippen molar-refractivity contribution in [2.45, 2.75) is 37.8 Å². The van der Waals surface area contributed by atoms with Gasteiger partial charge < -0.3 is 9.64 Å². The van der Waals surface area contributed by atoms with Crippen LogP contribution in [0.3, 0.4) is 0 Å². The fraction of sp³-hybridized carbons (Fsp3) is 0.350. The molecule has 2 aromatic rings. The smallest absolute Gasteiger partial charge is 0.243 e. The zero-order valence-electron chi connectivity index (χ0n) is 16.0. The lowest BCUT2D eigenvalue weighted by Gasteiger charge is -2.21. The van der Waals surface area contributed by atoms with E-state index in [2.05, 4.69) is 0 Å². The van der Waals surface area contributed by atoms with Gasteiger partial charge in [-0.1, -0.05) is 18.2 Å². The Bertz CT molecular complexity index is 972. The van der Waals surface area contributed by atoms with E-state index in [1.807, 2.05) is 31.2 Å². The predicted octanol–water partition coefficient (Wildman–Crippen LogP) is 2.81. The fourth-order valence-electron chi connectivity index (χ4n) is 3.59. The third-order valence-corrected chi connectivity index (χ3v) is 6.70. The maximum atomic E-state index is 13.0. The number of para-hydroxylation sites is 1. The maximum Gasteiger partial charge on any atom is 0.243 e. The Morgan fingerprint density at radius 2 is 1.96 bits per heavy atom. The summed E-state index contributed by atoms with van der Waals surface area (Å²) in [6.07, 6.45) is 0.647. The van der Waals surface area contributed by atoms with Crippen molar-refractivity contribution in [1.29, 1.82) is 0 Å². The number of amides is 1. The number of hydrogen-bond acceptors (Lipinski definition) is 4. The number of carbonyl (C=O) groups is 1. The third-order valence-electron chi connectivity index (χ3n) is 4.90. The summed E-state index contributed by atoms with van der Waals surface area (Å²) in [4.78, 5) is 13.8. The molecule has 0 aromatic heterocycles. The van der Waals surface area contributed by atoms with E-state index >= 15 is 0 Å². The first-order valence-corrected chi connectivity index (χ1v) is 10.2. The first kappa shape index (κ1) is 19.4. The number of rotatable bonds is 5. The van der Waals surface area contributed by atoms with E-state index in [1.165, 1.54) is 11.2 Å². The van der Waals surface area contributed by atoms with Crippen LogP contribution in [0.1, 0.15) is 25.0 Å². The van der Waals surface area contributed by atoms with Gasteiger partial charge >= 0.3 is 0 Å². The predicted molar refractivity (Wildman–Crippen MR) is 104 cm³/mol. The van der Waals surface area contributed by atoms with Gasteiger partial charge in [-0.2, -0.15) is 4.31 Å². The molecule has 1 aliphatic heterocycles. The molecule has 0 fully saturated rings. The summed E-state index contributed by atoms with van der Waals surface area (Å²) in [5.74, 6) is 0.615. The number of hydrogen-bond donors (Lipinski definition) is 0. The van der Waals surface area contributed by atoms with Crippen LogP contribution in [-0.2, 0) is 27.8 Å².